The highest BCUT2D eigenvalue weighted by molar-refractivity contribution is 14.0. The van der Waals surface area contributed by atoms with Crippen LogP contribution < -0.4 is 5.32 Å². The lowest BCUT2D eigenvalue weighted by Crippen LogP contribution is -2.54. The molecule has 0 radical (unpaired) electrons. The number of likely N-dealkylation sites (tertiary alicyclic amines) is 1. The number of nitrogens with zero attached hydrogens (tertiary/aromatic N) is 4. The van der Waals surface area contributed by atoms with Crippen LogP contribution in [0, 0.1) is 5.92 Å². The van der Waals surface area contributed by atoms with Crippen molar-refractivity contribution in [3.63, 3.8) is 0 Å². The molecule has 2 fully saturated rings. The Morgan fingerprint density at radius 3 is 2.31 bits per heavy atom. The van der Waals surface area contributed by atoms with E-state index in [-0.39, 0.29) is 42.4 Å². The number of halogens is 1. The zero-order chi connectivity index (χ0) is 20.6. The van der Waals surface area contributed by atoms with Crippen LogP contribution in [0.2, 0.25) is 0 Å². The molecule has 0 amide bonds. The molecule has 2 aliphatic heterocycles. The standard InChI is InChI=1S/C19H39N5O3S.HI/c1-17(2)27-15-16-28(25,26)24-13-11-23(12-14-24)19(20-4)21-7-10-22-8-5-18(3)6-9-22;/h17-18H,5-16H2,1-4H3,(H,20,21);1H. The Hall–Kier alpha value is -0.170. The number of piperazine rings is 1. The molecule has 0 spiro atoms. The SMILES string of the molecule is CN=C(NCCN1CCC(C)CC1)N1CCN(S(=O)(=O)CCOC(C)C)CC1.I. The summed E-state index contributed by atoms with van der Waals surface area (Å²) in [6.07, 6.45) is 2.62. The normalized spacial score (nSPS) is 20.7. The second-order valence-electron chi connectivity index (χ2n) is 8.12. The number of hydrogen-bond acceptors (Lipinski definition) is 5. The molecule has 172 valence electrons. The molecule has 2 saturated heterocycles. The van der Waals surface area contributed by atoms with Crippen molar-refractivity contribution in [3.05, 3.63) is 0 Å². The van der Waals surface area contributed by atoms with Crippen molar-refractivity contribution in [2.45, 2.75) is 39.7 Å². The molecule has 2 heterocycles. The Morgan fingerprint density at radius 1 is 1.14 bits per heavy atom. The van der Waals surface area contributed by atoms with Crippen molar-refractivity contribution in [1.29, 1.82) is 0 Å². The number of piperidine rings is 1. The Bertz CT molecular complexity index is 587. The number of sulfonamides is 1. The van der Waals surface area contributed by atoms with Gasteiger partial charge in [-0.05, 0) is 45.7 Å². The fraction of sp³-hybridized carbons (Fsp3) is 0.947. The van der Waals surface area contributed by atoms with E-state index >= 15 is 0 Å². The highest BCUT2D eigenvalue weighted by Gasteiger charge is 2.28. The molecule has 0 bridgehead atoms. The lowest BCUT2D eigenvalue weighted by atomic mass is 9.99. The average Bonchev–Trinajstić information content (AvgIpc) is 2.66. The van der Waals surface area contributed by atoms with E-state index in [4.69, 9.17) is 4.74 Å². The molecule has 0 atom stereocenters. The van der Waals surface area contributed by atoms with Crippen LogP contribution >= 0.6 is 24.0 Å². The smallest absolute Gasteiger partial charge is 0.216 e. The molecular formula is C19H40IN5O3S. The highest BCUT2D eigenvalue weighted by Crippen LogP contribution is 2.15. The van der Waals surface area contributed by atoms with Gasteiger partial charge in [0.25, 0.3) is 0 Å². The number of ether oxygens (including phenoxy) is 1. The van der Waals surface area contributed by atoms with Gasteiger partial charge in [0.15, 0.2) is 5.96 Å². The lowest BCUT2D eigenvalue weighted by Gasteiger charge is -2.36. The molecule has 2 rings (SSSR count). The molecule has 2 aliphatic rings. The van der Waals surface area contributed by atoms with Crippen molar-refractivity contribution < 1.29 is 13.2 Å². The maximum atomic E-state index is 12.5. The van der Waals surface area contributed by atoms with Crippen molar-refractivity contribution in [3.8, 4) is 0 Å². The summed E-state index contributed by atoms with van der Waals surface area (Å²) in [5.41, 5.74) is 0. The first-order valence-corrected chi connectivity index (χ1v) is 12.2. The van der Waals surface area contributed by atoms with E-state index in [0.29, 0.717) is 26.2 Å². The second kappa shape index (κ2) is 13.3. The molecule has 10 heteroatoms. The molecule has 29 heavy (non-hydrogen) atoms. The fourth-order valence-electron chi connectivity index (χ4n) is 3.64. The molecule has 8 nitrogen and oxygen atoms in total. The molecule has 0 aromatic rings. The van der Waals surface area contributed by atoms with Gasteiger partial charge in [-0.15, -0.1) is 24.0 Å². The second-order valence-corrected chi connectivity index (χ2v) is 10.2. The minimum atomic E-state index is -3.26. The van der Waals surface area contributed by atoms with Crippen LogP contribution in [0.1, 0.15) is 33.6 Å². The van der Waals surface area contributed by atoms with Crippen LogP contribution in [0.3, 0.4) is 0 Å². The number of rotatable bonds is 8. The first-order chi connectivity index (χ1) is 13.3. The van der Waals surface area contributed by atoms with Crippen molar-refractivity contribution >= 4 is 40.0 Å². The van der Waals surface area contributed by atoms with Crippen molar-refractivity contribution in [2.24, 2.45) is 10.9 Å². The van der Waals surface area contributed by atoms with Gasteiger partial charge >= 0.3 is 0 Å². The monoisotopic (exact) mass is 545 g/mol. The van der Waals surface area contributed by atoms with E-state index in [9.17, 15) is 8.42 Å². The van der Waals surface area contributed by atoms with Gasteiger partial charge < -0.3 is 19.9 Å². The van der Waals surface area contributed by atoms with Crippen molar-refractivity contribution in [2.75, 3.05) is 71.8 Å². The molecule has 0 unspecified atom stereocenters. The van der Waals surface area contributed by atoms with Gasteiger partial charge in [-0.3, -0.25) is 4.99 Å². The zero-order valence-electron chi connectivity index (χ0n) is 18.5. The van der Waals surface area contributed by atoms with Gasteiger partial charge in [0.1, 0.15) is 0 Å². The van der Waals surface area contributed by atoms with Gasteiger partial charge in [-0.1, -0.05) is 6.92 Å². The molecule has 0 aliphatic carbocycles. The van der Waals surface area contributed by atoms with Crippen LogP contribution in [-0.2, 0) is 14.8 Å². The quantitative estimate of drug-likeness (QED) is 0.282. The molecule has 0 saturated carbocycles. The summed E-state index contributed by atoms with van der Waals surface area (Å²) in [5.74, 6) is 1.76. The number of aliphatic imine (C=N–C) groups is 1. The third-order valence-electron chi connectivity index (χ3n) is 5.52. The maximum absolute atomic E-state index is 12.5. The molecule has 0 aromatic heterocycles. The van der Waals surface area contributed by atoms with Crippen LogP contribution in [0.25, 0.3) is 0 Å². The van der Waals surface area contributed by atoms with Crippen LogP contribution in [-0.4, -0.2) is 106 Å². The van der Waals surface area contributed by atoms with Gasteiger partial charge in [-0.2, -0.15) is 4.31 Å². The first kappa shape index (κ1) is 26.9. The summed E-state index contributed by atoms with van der Waals surface area (Å²) in [6.45, 7) is 13.0. The predicted octanol–water partition coefficient (Wildman–Crippen LogP) is 1.28. The third kappa shape index (κ3) is 9.24. The average molecular weight is 546 g/mol. The highest BCUT2D eigenvalue weighted by atomic mass is 127. The van der Waals surface area contributed by atoms with Crippen LogP contribution in [0.4, 0.5) is 0 Å². The summed E-state index contributed by atoms with van der Waals surface area (Å²) in [5, 5.41) is 3.44. The summed E-state index contributed by atoms with van der Waals surface area (Å²) < 4.78 is 31.9. The summed E-state index contributed by atoms with van der Waals surface area (Å²) in [7, 11) is -1.47. The van der Waals surface area contributed by atoms with E-state index in [2.05, 4.69) is 27.0 Å². The largest absolute Gasteiger partial charge is 0.378 e. The van der Waals surface area contributed by atoms with E-state index in [1.165, 1.54) is 25.9 Å². The Balaban J connectivity index is 0.00000420. The number of guanidine groups is 1. The van der Waals surface area contributed by atoms with Gasteiger partial charge in [0.2, 0.25) is 10.0 Å². The topological polar surface area (TPSA) is 77.5 Å². The minimum Gasteiger partial charge on any atom is -0.378 e. The minimum absolute atomic E-state index is 0. The zero-order valence-corrected chi connectivity index (χ0v) is 21.6. The van der Waals surface area contributed by atoms with Gasteiger partial charge in [-0.25, -0.2) is 8.42 Å². The van der Waals surface area contributed by atoms with Crippen LogP contribution in [0.5, 0.6) is 0 Å². The summed E-state index contributed by atoms with van der Waals surface area (Å²) in [6, 6.07) is 0. The Labute approximate surface area is 194 Å². The molecule has 1 N–H and O–H groups in total. The Morgan fingerprint density at radius 2 is 1.76 bits per heavy atom. The van der Waals surface area contributed by atoms with Crippen LogP contribution in [0.15, 0.2) is 4.99 Å². The van der Waals surface area contributed by atoms with Crippen molar-refractivity contribution in [1.82, 2.24) is 19.4 Å². The number of hydrogen-bond donors (Lipinski definition) is 1. The fourth-order valence-corrected chi connectivity index (χ4v) is 4.92. The summed E-state index contributed by atoms with van der Waals surface area (Å²) >= 11 is 0. The molecular weight excluding hydrogens is 505 g/mol. The summed E-state index contributed by atoms with van der Waals surface area (Å²) in [4.78, 5) is 9.04. The Kier molecular flexibility index (Phi) is 12.3. The maximum Gasteiger partial charge on any atom is 0.216 e. The lowest BCUT2D eigenvalue weighted by molar-refractivity contribution is 0.0904. The first-order valence-electron chi connectivity index (χ1n) is 10.6. The van der Waals surface area contributed by atoms with Gasteiger partial charge in [0, 0.05) is 46.3 Å². The van der Waals surface area contributed by atoms with E-state index in [0.717, 1.165) is 25.0 Å². The van der Waals surface area contributed by atoms with E-state index in [1.54, 1.807) is 11.4 Å². The van der Waals surface area contributed by atoms with E-state index < -0.39 is 10.0 Å². The number of nitrogens with one attached hydrogen (secondary N) is 1. The van der Waals surface area contributed by atoms with E-state index in [1.807, 2.05) is 13.8 Å². The van der Waals surface area contributed by atoms with Gasteiger partial charge in [0.05, 0.1) is 18.5 Å². The predicted molar refractivity (Wildman–Crippen MR) is 130 cm³/mol. The molecule has 0 aromatic carbocycles. The third-order valence-corrected chi connectivity index (χ3v) is 7.36.